The van der Waals surface area contributed by atoms with Crippen molar-refractivity contribution in [1.82, 2.24) is 10.2 Å². The summed E-state index contributed by atoms with van der Waals surface area (Å²) in [6.45, 7) is 2.96. The topological polar surface area (TPSA) is 86.8 Å². The molecule has 0 heterocycles. The normalized spacial score (nSPS) is 12.1. The first kappa shape index (κ1) is 29.0. The van der Waals surface area contributed by atoms with Crippen LogP contribution in [0.15, 0.2) is 76.1 Å². The van der Waals surface area contributed by atoms with Crippen LogP contribution in [0.25, 0.3) is 0 Å². The van der Waals surface area contributed by atoms with Gasteiger partial charge in [-0.25, -0.2) is 8.42 Å². The number of hydrogen-bond donors (Lipinski definition) is 1. The van der Waals surface area contributed by atoms with Gasteiger partial charge < -0.3 is 10.2 Å². The minimum Gasteiger partial charge on any atom is -0.357 e. The number of benzene rings is 3. The van der Waals surface area contributed by atoms with E-state index in [1.165, 1.54) is 42.3 Å². The van der Waals surface area contributed by atoms with E-state index in [2.05, 4.69) is 21.2 Å². The van der Waals surface area contributed by atoms with E-state index in [0.29, 0.717) is 0 Å². The molecule has 0 saturated carbocycles. The van der Waals surface area contributed by atoms with E-state index in [9.17, 15) is 18.0 Å². The number of carbonyl (C=O) groups is 2. The molecule has 0 aliphatic rings. The number of halogens is 3. The van der Waals surface area contributed by atoms with E-state index in [-0.39, 0.29) is 33.1 Å². The highest BCUT2D eigenvalue weighted by Gasteiger charge is 2.32. The molecule has 0 aromatic heterocycles. The van der Waals surface area contributed by atoms with Crippen molar-refractivity contribution >= 4 is 66.7 Å². The van der Waals surface area contributed by atoms with Crippen LogP contribution in [0.1, 0.15) is 18.1 Å². The molecule has 0 aliphatic carbocycles. The Hall–Kier alpha value is -2.59. The van der Waals surface area contributed by atoms with Crippen molar-refractivity contribution in [3.63, 3.8) is 0 Å². The molecule has 11 heteroatoms. The zero-order valence-corrected chi connectivity index (χ0v) is 24.3. The van der Waals surface area contributed by atoms with Gasteiger partial charge in [0.05, 0.1) is 20.6 Å². The summed E-state index contributed by atoms with van der Waals surface area (Å²) in [5.41, 5.74) is 1.81. The molecule has 0 unspecified atom stereocenters. The molecular weight excluding hydrogens is 601 g/mol. The van der Waals surface area contributed by atoms with Crippen LogP contribution >= 0.6 is 39.1 Å². The Labute approximate surface area is 235 Å². The SMILES string of the molecule is CNC(=O)[C@H](C)N(Cc1cccc(Br)c1)C(=O)CN(c1ccc(Cl)c(Cl)c1)S(=O)(=O)c1ccc(C)cc1. The van der Waals surface area contributed by atoms with E-state index in [1.807, 2.05) is 31.2 Å². The Morgan fingerprint density at radius 2 is 1.68 bits per heavy atom. The average molecular weight is 627 g/mol. The van der Waals surface area contributed by atoms with E-state index in [4.69, 9.17) is 23.2 Å². The van der Waals surface area contributed by atoms with Crippen molar-refractivity contribution in [1.29, 1.82) is 0 Å². The van der Waals surface area contributed by atoms with Gasteiger partial charge in [-0.2, -0.15) is 0 Å². The fourth-order valence-corrected chi connectivity index (χ4v) is 5.77. The third-order valence-corrected chi connectivity index (χ3v) is 8.76. The summed E-state index contributed by atoms with van der Waals surface area (Å²) in [7, 11) is -2.71. The van der Waals surface area contributed by atoms with E-state index in [0.717, 1.165) is 19.9 Å². The second-order valence-corrected chi connectivity index (χ2v) is 12.0. The lowest BCUT2D eigenvalue weighted by Gasteiger charge is -2.32. The van der Waals surface area contributed by atoms with Gasteiger partial charge in [0, 0.05) is 18.1 Å². The van der Waals surface area contributed by atoms with Crippen LogP contribution < -0.4 is 9.62 Å². The summed E-state index contributed by atoms with van der Waals surface area (Å²) in [4.78, 5) is 27.6. The lowest BCUT2D eigenvalue weighted by atomic mass is 10.1. The zero-order valence-electron chi connectivity index (χ0n) is 20.4. The summed E-state index contributed by atoms with van der Waals surface area (Å²) < 4.78 is 29.3. The number of likely N-dealkylation sites (N-methyl/N-ethyl adjacent to an activating group) is 1. The van der Waals surface area contributed by atoms with Crippen LogP contribution in [0, 0.1) is 6.92 Å². The monoisotopic (exact) mass is 625 g/mol. The first-order valence-electron chi connectivity index (χ1n) is 11.2. The number of aryl methyl sites for hydroxylation is 1. The van der Waals surface area contributed by atoms with Gasteiger partial charge in [0.25, 0.3) is 10.0 Å². The smallest absolute Gasteiger partial charge is 0.264 e. The largest absolute Gasteiger partial charge is 0.357 e. The maximum absolute atomic E-state index is 13.8. The maximum atomic E-state index is 13.8. The molecular formula is C26H26BrCl2N3O4S. The molecule has 1 N–H and O–H groups in total. The van der Waals surface area contributed by atoms with Gasteiger partial charge in [0.1, 0.15) is 12.6 Å². The first-order valence-corrected chi connectivity index (χ1v) is 14.2. The maximum Gasteiger partial charge on any atom is 0.264 e. The van der Waals surface area contributed by atoms with Crippen LogP contribution in [0.2, 0.25) is 10.0 Å². The van der Waals surface area contributed by atoms with Gasteiger partial charge >= 0.3 is 0 Å². The summed E-state index contributed by atoms with van der Waals surface area (Å²) in [5.74, 6) is -0.955. The molecule has 196 valence electrons. The van der Waals surface area contributed by atoms with Gasteiger partial charge in [-0.15, -0.1) is 0 Å². The molecule has 7 nitrogen and oxygen atoms in total. The van der Waals surface area contributed by atoms with Crippen LogP contribution in [-0.4, -0.2) is 44.8 Å². The molecule has 3 rings (SSSR count). The van der Waals surface area contributed by atoms with Crippen molar-refractivity contribution in [2.24, 2.45) is 0 Å². The number of nitrogens with one attached hydrogen (secondary N) is 1. The number of carbonyl (C=O) groups excluding carboxylic acids is 2. The number of amides is 2. The highest BCUT2D eigenvalue weighted by atomic mass is 79.9. The minimum atomic E-state index is -4.18. The Bertz CT molecular complexity index is 1400. The Kier molecular flexibility index (Phi) is 9.63. The fraction of sp³-hybridized carbons (Fsp3) is 0.231. The Morgan fingerprint density at radius 1 is 1.00 bits per heavy atom. The molecule has 3 aromatic rings. The van der Waals surface area contributed by atoms with Gasteiger partial charge in [-0.05, 0) is 61.9 Å². The van der Waals surface area contributed by atoms with Gasteiger partial charge in [-0.1, -0.05) is 69.0 Å². The molecule has 0 bridgehead atoms. The Morgan fingerprint density at radius 3 is 2.27 bits per heavy atom. The fourth-order valence-electron chi connectivity index (χ4n) is 3.63. The molecule has 1 atom stereocenters. The molecule has 0 aliphatic heterocycles. The summed E-state index contributed by atoms with van der Waals surface area (Å²) >= 11 is 15.7. The third-order valence-electron chi connectivity index (χ3n) is 5.73. The van der Waals surface area contributed by atoms with Crippen LogP contribution in [0.5, 0.6) is 0 Å². The molecule has 0 spiro atoms. The second kappa shape index (κ2) is 12.3. The summed E-state index contributed by atoms with van der Waals surface area (Å²) in [6.07, 6.45) is 0. The second-order valence-electron chi connectivity index (χ2n) is 8.36. The lowest BCUT2D eigenvalue weighted by Crippen LogP contribution is -2.50. The Balaban J connectivity index is 2.06. The molecule has 0 radical (unpaired) electrons. The summed E-state index contributed by atoms with van der Waals surface area (Å²) in [6, 6.07) is 17.1. The predicted molar refractivity (Wildman–Crippen MR) is 150 cm³/mol. The average Bonchev–Trinajstić information content (AvgIpc) is 2.86. The highest BCUT2D eigenvalue weighted by molar-refractivity contribution is 9.10. The number of nitrogens with zero attached hydrogens (tertiary/aromatic N) is 2. The van der Waals surface area contributed by atoms with Crippen molar-refractivity contribution in [3.8, 4) is 0 Å². The van der Waals surface area contributed by atoms with Crippen molar-refractivity contribution in [3.05, 3.63) is 92.4 Å². The summed E-state index contributed by atoms with van der Waals surface area (Å²) in [5, 5.41) is 2.93. The molecule has 0 saturated heterocycles. The van der Waals surface area contributed by atoms with Crippen LogP contribution in [0.4, 0.5) is 5.69 Å². The highest BCUT2D eigenvalue weighted by Crippen LogP contribution is 2.31. The van der Waals surface area contributed by atoms with Crippen LogP contribution in [0.3, 0.4) is 0 Å². The van der Waals surface area contributed by atoms with Gasteiger partial charge in [0.15, 0.2) is 0 Å². The van der Waals surface area contributed by atoms with Gasteiger partial charge in [0.2, 0.25) is 11.8 Å². The number of anilines is 1. The number of sulfonamides is 1. The van der Waals surface area contributed by atoms with Crippen molar-refractivity contribution in [2.45, 2.75) is 31.3 Å². The third kappa shape index (κ3) is 7.04. The van der Waals surface area contributed by atoms with E-state index < -0.39 is 28.5 Å². The number of rotatable bonds is 9. The van der Waals surface area contributed by atoms with Crippen LogP contribution in [-0.2, 0) is 26.2 Å². The zero-order chi connectivity index (χ0) is 27.3. The van der Waals surface area contributed by atoms with Gasteiger partial charge in [-0.3, -0.25) is 13.9 Å². The molecule has 3 aromatic carbocycles. The standard InChI is InChI=1S/C26H26BrCl2N3O4S/c1-17-7-10-22(11-8-17)37(35,36)32(21-9-12-23(28)24(29)14-21)16-25(33)31(18(2)26(34)30-3)15-19-5-4-6-20(27)13-19/h4-14,18H,15-16H2,1-3H3,(H,30,34)/t18-/m0/s1. The predicted octanol–water partition coefficient (Wildman–Crippen LogP) is 5.42. The molecule has 0 fully saturated rings. The van der Waals surface area contributed by atoms with Crippen molar-refractivity contribution in [2.75, 3.05) is 17.9 Å². The minimum absolute atomic E-state index is 0.00913. The van der Waals surface area contributed by atoms with E-state index >= 15 is 0 Å². The quantitative estimate of drug-likeness (QED) is 0.344. The van der Waals surface area contributed by atoms with Crippen molar-refractivity contribution < 1.29 is 18.0 Å². The van der Waals surface area contributed by atoms with E-state index in [1.54, 1.807) is 19.1 Å². The first-order chi connectivity index (χ1) is 17.4. The number of hydrogen-bond acceptors (Lipinski definition) is 4. The molecule has 37 heavy (non-hydrogen) atoms. The molecule has 2 amide bonds. The lowest BCUT2D eigenvalue weighted by molar-refractivity contribution is -0.139.